The summed E-state index contributed by atoms with van der Waals surface area (Å²) in [7, 11) is 0. The van der Waals surface area contributed by atoms with E-state index in [1.54, 1.807) is 31.2 Å². The Hall–Kier alpha value is -1.57. The third-order valence-corrected chi connectivity index (χ3v) is 2.75. The zero-order chi connectivity index (χ0) is 16.8. The number of aliphatic hydroxyl groups is 2. The van der Waals surface area contributed by atoms with Crippen LogP contribution in [0.1, 0.15) is 46.5 Å². The van der Waals surface area contributed by atoms with Gasteiger partial charge in [-0.25, -0.2) is 0 Å². The van der Waals surface area contributed by atoms with Gasteiger partial charge < -0.3 is 14.9 Å². The first-order valence-electron chi connectivity index (χ1n) is 7.81. The van der Waals surface area contributed by atoms with E-state index in [9.17, 15) is 15.0 Å². The molecule has 0 fully saturated rings. The Morgan fingerprint density at radius 2 is 2.00 bits per heavy atom. The van der Waals surface area contributed by atoms with Crippen LogP contribution in [0.25, 0.3) is 0 Å². The van der Waals surface area contributed by atoms with E-state index in [-0.39, 0.29) is 5.97 Å². The summed E-state index contributed by atoms with van der Waals surface area (Å²) in [5, 5.41) is 19.2. The Balaban J connectivity index is 3.91. The lowest BCUT2D eigenvalue weighted by Crippen LogP contribution is -2.07. The predicted octanol–water partition coefficient (Wildman–Crippen LogP) is 2.60. The molecule has 0 aromatic carbocycles. The molecule has 2 atom stereocenters. The molecule has 0 heterocycles. The largest absolute Gasteiger partial charge is 0.466 e. The van der Waals surface area contributed by atoms with Gasteiger partial charge in [-0.1, -0.05) is 43.9 Å². The highest BCUT2D eigenvalue weighted by molar-refractivity contribution is 5.69. The smallest absolute Gasteiger partial charge is 0.305 e. The topological polar surface area (TPSA) is 66.8 Å². The second-order valence-electron chi connectivity index (χ2n) is 5.44. The fourth-order valence-corrected chi connectivity index (χ4v) is 1.75. The van der Waals surface area contributed by atoms with Crippen LogP contribution in [-0.4, -0.2) is 35.0 Å². The van der Waals surface area contributed by atoms with Crippen LogP contribution in [0, 0.1) is 17.8 Å². The molecule has 4 heteroatoms. The van der Waals surface area contributed by atoms with Crippen LogP contribution >= 0.6 is 0 Å². The molecule has 0 saturated heterocycles. The fourth-order valence-electron chi connectivity index (χ4n) is 1.75. The van der Waals surface area contributed by atoms with Crippen molar-refractivity contribution < 1.29 is 19.7 Å². The molecular weight excluding hydrogens is 280 g/mol. The van der Waals surface area contributed by atoms with Crippen LogP contribution in [0.4, 0.5) is 0 Å². The molecule has 0 aliphatic carbocycles. The number of esters is 1. The first kappa shape index (κ1) is 20.4. The van der Waals surface area contributed by atoms with Crippen molar-refractivity contribution in [1.82, 2.24) is 0 Å². The maximum absolute atomic E-state index is 11.1. The predicted molar refractivity (Wildman–Crippen MR) is 88.0 cm³/mol. The average molecular weight is 308 g/mol. The minimum atomic E-state index is -0.741. The summed E-state index contributed by atoms with van der Waals surface area (Å²) in [5.74, 6) is 5.62. The lowest BCUT2D eigenvalue weighted by atomic mass is 10.1. The van der Waals surface area contributed by atoms with Crippen LogP contribution in [0.15, 0.2) is 24.3 Å². The Bertz CT molecular complexity index is 413. The molecule has 0 saturated carbocycles. The standard InChI is InChI=1S/C18H28O4/c1-4-22-18(21)13-9-12-16(19)10-7-5-6-8-11-17(20)14-15(2)3/h5-6,8,11,15-17,19-20H,4,9,12-14H2,1-3H3/b6-5+,11-8+/t16-,17+/m1/s1. The van der Waals surface area contributed by atoms with Gasteiger partial charge in [0.1, 0.15) is 6.10 Å². The zero-order valence-electron chi connectivity index (χ0n) is 13.8. The highest BCUT2D eigenvalue weighted by Crippen LogP contribution is 2.05. The van der Waals surface area contributed by atoms with Gasteiger partial charge in [0.05, 0.1) is 12.7 Å². The zero-order valence-corrected chi connectivity index (χ0v) is 13.8. The Labute approximate surface area is 133 Å². The molecule has 2 N–H and O–H groups in total. The second-order valence-corrected chi connectivity index (χ2v) is 5.44. The van der Waals surface area contributed by atoms with Crippen molar-refractivity contribution in [2.24, 2.45) is 5.92 Å². The number of carbonyl (C=O) groups is 1. The molecule has 0 unspecified atom stereocenters. The first-order chi connectivity index (χ1) is 10.5. The molecular formula is C18H28O4. The molecule has 0 aromatic rings. The van der Waals surface area contributed by atoms with E-state index in [4.69, 9.17) is 4.74 Å². The Morgan fingerprint density at radius 3 is 2.64 bits per heavy atom. The molecule has 0 aliphatic heterocycles. The van der Waals surface area contributed by atoms with Crippen molar-refractivity contribution >= 4 is 5.97 Å². The molecule has 0 radical (unpaired) electrons. The summed E-state index contributed by atoms with van der Waals surface area (Å²) in [6.07, 6.45) is 7.66. The molecule has 0 aromatic heterocycles. The highest BCUT2D eigenvalue weighted by atomic mass is 16.5. The van der Waals surface area contributed by atoms with E-state index in [0.29, 0.717) is 31.8 Å². The van der Waals surface area contributed by atoms with E-state index in [2.05, 4.69) is 25.7 Å². The van der Waals surface area contributed by atoms with E-state index in [1.807, 2.05) is 0 Å². The van der Waals surface area contributed by atoms with Gasteiger partial charge in [-0.15, -0.1) is 0 Å². The maximum Gasteiger partial charge on any atom is 0.305 e. The second kappa shape index (κ2) is 13.1. The molecule has 0 spiro atoms. The number of rotatable bonds is 9. The van der Waals surface area contributed by atoms with Gasteiger partial charge >= 0.3 is 5.97 Å². The normalized spacial score (nSPS) is 14.1. The third-order valence-electron chi connectivity index (χ3n) is 2.75. The minimum Gasteiger partial charge on any atom is -0.466 e. The summed E-state index contributed by atoms with van der Waals surface area (Å²) >= 11 is 0. The van der Waals surface area contributed by atoms with Gasteiger partial charge in [-0.3, -0.25) is 4.79 Å². The lowest BCUT2D eigenvalue weighted by molar-refractivity contribution is -0.143. The van der Waals surface area contributed by atoms with Crippen molar-refractivity contribution in [2.45, 2.75) is 58.7 Å². The Morgan fingerprint density at radius 1 is 1.27 bits per heavy atom. The van der Waals surface area contributed by atoms with Crippen LogP contribution in [0.2, 0.25) is 0 Å². The van der Waals surface area contributed by atoms with Crippen molar-refractivity contribution in [1.29, 1.82) is 0 Å². The van der Waals surface area contributed by atoms with Crippen LogP contribution < -0.4 is 0 Å². The average Bonchev–Trinajstić information content (AvgIpc) is 2.42. The number of hydrogen-bond donors (Lipinski definition) is 2. The van der Waals surface area contributed by atoms with Gasteiger partial charge in [0.2, 0.25) is 0 Å². The van der Waals surface area contributed by atoms with Gasteiger partial charge in [0.25, 0.3) is 0 Å². The monoisotopic (exact) mass is 308 g/mol. The van der Waals surface area contributed by atoms with Crippen molar-refractivity contribution in [2.75, 3.05) is 6.61 Å². The molecule has 124 valence electrons. The van der Waals surface area contributed by atoms with Gasteiger partial charge in [-0.05, 0) is 38.2 Å². The van der Waals surface area contributed by atoms with Crippen molar-refractivity contribution in [3.05, 3.63) is 24.3 Å². The van der Waals surface area contributed by atoms with Crippen molar-refractivity contribution in [3.8, 4) is 11.8 Å². The highest BCUT2D eigenvalue weighted by Gasteiger charge is 2.04. The fraction of sp³-hybridized carbons (Fsp3) is 0.611. The molecule has 22 heavy (non-hydrogen) atoms. The minimum absolute atomic E-state index is 0.243. The summed E-state index contributed by atoms with van der Waals surface area (Å²) in [5.41, 5.74) is 0. The van der Waals surface area contributed by atoms with E-state index >= 15 is 0 Å². The number of allylic oxidation sites excluding steroid dienone is 3. The number of hydrogen-bond acceptors (Lipinski definition) is 4. The summed E-state index contributed by atoms with van der Waals surface area (Å²) in [4.78, 5) is 11.1. The molecule has 0 aliphatic rings. The SMILES string of the molecule is CCOC(=O)CCC[C@H](O)C#C/C=C/C=C/[C@H](O)CC(C)C. The molecule has 0 rings (SSSR count). The summed E-state index contributed by atoms with van der Waals surface area (Å²) in [6.45, 7) is 6.26. The van der Waals surface area contributed by atoms with E-state index < -0.39 is 12.2 Å². The first-order valence-corrected chi connectivity index (χ1v) is 7.81. The molecule has 0 amide bonds. The van der Waals surface area contributed by atoms with E-state index in [0.717, 1.165) is 6.42 Å². The van der Waals surface area contributed by atoms with Gasteiger partial charge in [0.15, 0.2) is 0 Å². The summed E-state index contributed by atoms with van der Waals surface area (Å²) < 4.78 is 4.80. The quantitative estimate of drug-likeness (QED) is 0.390. The Kier molecular flexibility index (Phi) is 12.2. The maximum atomic E-state index is 11.1. The van der Waals surface area contributed by atoms with Gasteiger partial charge in [0, 0.05) is 6.42 Å². The third kappa shape index (κ3) is 13.4. The van der Waals surface area contributed by atoms with Crippen molar-refractivity contribution in [3.63, 3.8) is 0 Å². The number of carbonyl (C=O) groups excluding carboxylic acids is 1. The summed E-state index contributed by atoms with van der Waals surface area (Å²) in [6, 6.07) is 0. The lowest BCUT2D eigenvalue weighted by Gasteiger charge is -2.06. The van der Waals surface area contributed by atoms with Gasteiger partial charge in [-0.2, -0.15) is 0 Å². The number of aliphatic hydroxyl groups excluding tert-OH is 2. The van der Waals surface area contributed by atoms with Crippen LogP contribution in [0.5, 0.6) is 0 Å². The van der Waals surface area contributed by atoms with Crippen LogP contribution in [-0.2, 0) is 9.53 Å². The van der Waals surface area contributed by atoms with E-state index in [1.165, 1.54) is 0 Å². The van der Waals surface area contributed by atoms with Crippen LogP contribution in [0.3, 0.4) is 0 Å². The molecule has 4 nitrogen and oxygen atoms in total. The number of ether oxygens (including phenoxy) is 1. The molecule has 0 bridgehead atoms.